The fraction of sp³-hybridized carbons (Fsp3) is 0.308. The molecule has 6 nitrogen and oxygen atoms in total. The summed E-state index contributed by atoms with van der Waals surface area (Å²) < 4.78 is 1.87. The lowest BCUT2D eigenvalue weighted by Gasteiger charge is -2.08. The smallest absolute Gasteiger partial charge is 0.253 e. The molecule has 0 bridgehead atoms. The van der Waals surface area contributed by atoms with Crippen molar-refractivity contribution in [1.29, 1.82) is 0 Å². The van der Waals surface area contributed by atoms with Gasteiger partial charge in [0.15, 0.2) is 5.82 Å². The zero-order valence-corrected chi connectivity index (χ0v) is 11.1. The molecule has 0 atom stereocenters. The molecule has 0 radical (unpaired) electrons. The number of benzene rings is 1. The van der Waals surface area contributed by atoms with Gasteiger partial charge in [0.1, 0.15) is 6.33 Å². The van der Waals surface area contributed by atoms with E-state index in [0.29, 0.717) is 17.8 Å². The molecule has 6 heteroatoms. The van der Waals surface area contributed by atoms with Gasteiger partial charge >= 0.3 is 0 Å². The van der Waals surface area contributed by atoms with Crippen molar-refractivity contribution in [3.63, 3.8) is 0 Å². The summed E-state index contributed by atoms with van der Waals surface area (Å²) in [4.78, 5) is 12.1. The Morgan fingerprint density at radius 1 is 1.47 bits per heavy atom. The number of anilines is 1. The van der Waals surface area contributed by atoms with Crippen LogP contribution in [0.25, 0.3) is 0 Å². The Bertz CT molecular complexity index is 590. The predicted molar refractivity (Wildman–Crippen MR) is 72.5 cm³/mol. The van der Waals surface area contributed by atoms with Gasteiger partial charge in [-0.15, -0.1) is 10.2 Å². The highest BCUT2D eigenvalue weighted by atomic mass is 16.1. The number of amides is 1. The molecule has 1 aromatic carbocycles. The Morgan fingerprint density at radius 3 is 3.00 bits per heavy atom. The van der Waals surface area contributed by atoms with E-state index in [9.17, 15) is 4.79 Å². The van der Waals surface area contributed by atoms with E-state index in [1.165, 1.54) is 0 Å². The molecule has 0 unspecified atom stereocenters. The summed E-state index contributed by atoms with van der Waals surface area (Å²) in [5, 5.41) is 10.6. The van der Waals surface area contributed by atoms with Gasteiger partial charge < -0.3 is 15.6 Å². The van der Waals surface area contributed by atoms with Crippen LogP contribution in [0.2, 0.25) is 0 Å². The molecule has 100 valence electrons. The van der Waals surface area contributed by atoms with E-state index < -0.39 is 0 Å². The summed E-state index contributed by atoms with van der Waals surface area (Å²) in [5.41, 5.74) is 7.76. The Hall–Kier alpha value is -2.37. The van der Waals surface area contributed by atoms with Gasteiger partial charge in [0.05, 0.1) is 12.1 Å². The Balaban J connectivity index is 2.07. The van der Waals surface area contributed by atoms with Crippen molar-refractivity contribution in [3.8, 4) is 0 Å². The maximum absolute atomic E-state index is 12.1. The molecule has 0 aliphatic carbocycles. The Morgan fingerprint density at radius 2 is 2.26 bits per heavy atom. The van der Waals surface area contributed by atoms with Crippen LogP contribution < -0.4 is 11.1 Å². The van der Waals surface area contributed by atoms with E-state index in [0.717, 1.165) is 17.9 Å². The lowest BCUT2D eigenvalue weighted by Crippen LogP contribution is -2.25. The van der Waals surface area contributed by atoms with E-state index in [1.54, 1.807) is 18.5 Å². The van der Waals surface area contributed by atoms with Crippen LogP contribution in [0.1, 0.15) is 28.7 Å². The quantitative estimate of drug-likeness (QED) is 0.806. The van der Waals surface area contributed by atoms with Crippen molar-refractivity contribution >= 4 is 11.6 Å². The molecule has 0 aliphatic heterocycles. The van der Waals surface area contributed by atoms with Crippen molar-refractivity contribution in [2.24, 2.45) is 0 Å². The van der Waals surface area contributed by atoms with Gasteiger partial charge in [-0.1, -0.05) is 11.6 Å². The molecule has 0 saturated heterocycles. The third-order valence-corrected chi connectivity index (χ3v) is 2.90. The third kappa shape index (κ3) is 2.90. The standard InChI is InChI=1S/C13H17N5O/c1-3-18-8-16-17-12(18)7-15-13(19)10-6-9(2)4-5-11(10)14/h4-6,8H,3,7,14H2,1-2H3,(H,15,19). The second-order valence-electron chi connectivity index (χ2n) is 4.31. The second kappa shape index (κ2) is 5.51. The van der Waals surface area contributed by atoms with Gasteiger partial charge in [-0.05, 0) is 26.0 Å². The molecule has 3 N–H and O–H groups in total. The maximum atomic E-state index is 12.1. The van der Waals surface area contributed by atoms with Crippen molar-refractivity contribution in [3.05, 3.63) is 41.5 Å². The number of nitrogens with zero attached hydrogens (tertiary/aromatic N) is 3. The summed E-state index contributed by atoms with van der Waals surface area (Å²) >= 11 is 0. The van der Waals surface area contributed by atoms with Crippen molar-refractivity contribution in [2.75, 3.05) is 5.73 Å². The predicted octanol–water partition coefficient (Wildman–Crippen LogP) is 1.12. The summed E-state index contributed by atoms with van der Waals surface area (Å²) in [6, 6.07) is 5.38. The van der Waals surface area contributed by atoms with Crippen LogP contribution in [0.5, 0.6) is 0 Å². The van der Waals surface area contributed by atoms with Crippen LogP contribution in [0, 0.1) is 6.92 Å². The van der Waals surface area contributed by atoms with Crippen LogP contribution in [0.4, 0.5) is 5.69 Å². The van der Waals surface area contributed by atoms with Crippen LogP contribution in [0.15, 0.2) is 24.5 Å². The normalized spacial score (nSPS) is 10.4. The highest BCUT2D eigenvalue weighted by Gasteiger charge is 2.11. The number of carbonyl (C=O) groups is 1. The molecule has 2 aromatic rings. The molecule has 1 aromatic heterocycles. The molecule has 0 fully saturated rings. The lowest BCUT2D eigenvalue weighted by atomic mass is 10.1. The first-order valence-corrected chi connectivity index (χ1v) is 6.12. The van der Waals surface area contributed by atoms with Gasteiger partial charge in [-0.3, -0.25) is 4.79 Å². The summed E-state index contributed by atoms with van der Waals surface area (Å²) in [5.74, 6) is 0.522. The number of hydrogen-bond acceptors (Lipinski definition) is 4. The average Bonchev–Trinajstić information content (AvgIpc) is 2.86. The van der Waals surface area contributed by atoms with Gasteiger partial charge in [0, 0.05) is 12.2 Å². The largest absolute Gasteiger partial charge is 0.398 e. The number of aromatic nitrogens is 3. The molecule has 19 heavy (non-hydrogen) atoms. The van der Waals surface area contributed by atoms with Crippen LogP contribution in [-0.2, 0) is 13.1 Å². The number of nitrogens with two attached hydrogens (primary N) is 1. The average molecular weight is 259 g/mol. The number of hydrogen-bond donors (Lipinski definition) is 2. The third-order valence-electron chi connectivity index (χ3n) is 2.90. The monoisotopic (exact) mass is 259 g/mol. The second-order valence-corrected chi connectivity index (χ2v) is 4.31. The Labute approximate surface area is 111 Å². The number of nitrogens with one attached hydrogen (secondary N) is 1. The number of carbonyl (C=O) groups excluding carboxylic acids is 1. The van der Waals surface area contributed by atoms with E-state index in [2.05, 4.69) is 15.5 Å². The fourth-order valence-corrected chi connectivity index (χ4v) is 1.80. The van der Waals surface area contributed by atoms with Crippen LogP contribution in [0.3, 0.4) is 0 Å². The fourth-order valence-electron chi connectivity index (χ4n) is 1.80. The van der Waals surface area contributed by atoms with E-state index in [1.807, 2.05) is 24.5 Å². The molecule has 2 rings (SSSR count). The van der Waals surface area contributed by atoms with Crippen molar-refractivity contribution in [1.82, 2.24) is 20.1 Å². The van der Waals surface area contributed by atoms with Crippen molar-refractivity contribution < 1.29 is 4.79 Å². The molecule has 0 spiro atoms. The van der Waals surface area contributed by atoms with Crippen LogP contribution >= 0.6 is 0 Å². The van der Waals surface area contributed by atoms with E-state index in [-0.39, 0.29) is 5.91 Å². The minimum absolute atomic E-state index is 0.202. The molecular weight excluding hydrogens is 242 g/mol. The first-order valence-electron chi connectivity index (χ1n) is 6.12. The van der Waals surface area contributed by atoms with Gasteiger partial charge in [0.2, 0.25) is 0 Å². The molecule has 0 saturated carbocycles. The van der Waals surface area contributed by atoms with E-state index in [4.69, 9.17) is 5.73 Å². The summed E-state index contributed by atoms with van der Waals surface area (Å²) in [6.07, 6.45) is 1.64. The van der Waals surface area contributed by atoms with Gasteiger partial charge in [-0.25, -0.2) is 0 Å². The molecule has 1 heterocycles. The van der Waals surface area contributed by atoms with Gasteiger partial charge in [0.25, 0.3) is 5.91 Å². The van der Waals surface area contributed by atoms with Gasteiger partial charge in [-0.2, -0.15) is 0 Å². The minimum Gasteiger partial charge on any atom is -0.398 e. The van der Waals surface area contributed by atoms with Crippen LogP contribution in [-0.4, -0.2) is 20.7 Å². The van der Waals surface area contributed by atoms with Crippen molar-refractivity contribution in [2.45, 2.75) is 26.9 Å². The molecular formula is C13H17N5O. The molecule has 0 aliphatic rings. The zero-order chi connectivity index (χ0) is 13.8. The first-order chi connectivity index (χ1) is 9.11. The topological polar surface area (TPSA) is 85.8 Å². The highest BCUT2D eigenvalue weighted by Crippen LogP contribution is 2.13. The minimum atomic E-state index is -0.202. The summed E-state index contributed by atoms with van der Waals surface area (Å²) in [7, 11) is 0. The summed E-state index contributed by atoms with van der Waals surface area (Å²) in [6.45, 7) is 5.02. The highest BCUT2D eigenvalue weighted by molar-refractivity contribution is 5.99. The van der Waals surface area contributed by atoms with E-state index >= 15 is 0 Å². The first kappa shape index (κ1) is 13.1. The lowest BCUT2D eigenvalue weighted by molar-refractivity contribution is 0.0950. The number of nitrogen functional groups attached to an aromatic ring is 1. The SMILES string of the molecule is CCn1cnnc1CNC(=O)c1cc(C)ccc1N. The maximum Gasteiger partial charge on any atom is 0.253 e. The number of aryl methyl sites for hydroxylation is 2. The Kier molecular flexibility index (Phi) is 3.79. The number of rotatable bonds is 4. The molecule has 1 amide bonds. The zero-order valence-electron chi connectivity index (χ0n) is 11.1.